The van der Waals surface area contributed by atoms with Crippen LogP contribution in [0.4, 0.5) is 5.69 Å². The number of anilines is 1. The Balaban J connectivity index is 1.88. The number of aliphatic carboxylic acids is 1. The van der Waals surface area contributed by atoms with Crippen LogP contribution in [0.15, 0.2) is 24.3 Å². The molecule has 1 aromatic carbocycles. The summed E-state index contributed by atoms with van der Waals surface area (Å²) in [7, 11) is 0. The molecule has 1 aliphatic carbocycles. The normalized spacial score (nSPS) is 17.3. The van der Waals surface area contributed by atoms with Crippen LogP contribution in [0, 0.1) is 0 Å². The van der Waals surface area contributed by atoms with Crippen LogP contribution in [0.1, 0.15) is 51.0 Å². The standard InChI is InChI=1S/C18H25NO4/c1-13(23-16-9-4-2-3-5-10-16)18(22)19-15-8-6-7-14(11-15)12-17(20)21/h6-8,11,13,16H,2-5,9-10,12H2,1H3,(H,19,22)(H,20,21). The van der Waals surface area contributed by atoms with Gasteiger partial charge in [-0.2, -0.15) is 0 Å². The Hall–Kier alpha value is -1.88. The summed E-state index contributed by atoms with van der Waals surface area (Å²) in [5.41, 5.74) is 1.26. The quantitative estimate of drug-likeness (QED) is 0.788. The summed E-state index contributed by atoms with van der Waals surface area (Å²) in [6.45, 7) is 1.77. The van der Waals surface area contributed by atoms with Gasteiger partial charge in [0.05, 0.1) is 12.5 Å². The summed E-state index contributed by atoms with van der Waals surface area (Å²) in [4.78, 5) is 23.0. The lowest BCUT2D eigenvalue weighted by Gasteiger charge is -2.20. The Kier molecular flexibility index (Phi) is 6.59. The summed E-state index contributed by atoms with van der Waals surface area (Å²) in [6.07, 6.45) is 6.45. The number of carbonyl (C=O) groups excluding carboxylic acids is 1. The zero-order chi connectivity index (χ0) is 16.7. The molecule has 23 heavy (non-hydrogen) atoms. The van der Waals surface area contributed by atoms with Gasteiger partial charge in [-0.25, -0.2) is 0 Å². The van der Waals surface area contributed by atoms with Crippen LogP contribution in [0.3, 0.4) is 0 Å². The molecule has 2 rings (SSSR count). The number of carboxylic acids is 1. The molecule has 1 unspecified atom stereocenters. The molecule has 5 nitrogen and oxygen atoms in total. The van der Waals surface area contributed by atoms with Gasteiger partial charge in [-0.15, -0.1) is 0 Å². The average Bonchev–Trinajstić information content (AvgIpc) is 2.75. The van der Waals surface area contributed by atoms with Crippen molar-refractivity contribution in [2.75, 3.05) is 5.32 Å². The maximum Gasteiger partial charge on any atom is 0.307 e. The third kappa shape index (κ3) is 6.02. The molecule has 0 aromatic heterocycles. The van der Waals surface area contributed by atoms with Gasteiger partial charge in [0.15, 0.2) is 0 Å². The van der Waals surface area contributed by atoms with Crippen molar-refractivity contribution in [3.05, 3.63) is 29.8 Å². The van der Waals surface area contributed by atoms with Gasteiger partial charge in [0, 0.05) is 5.69 Å². The Bertz CT molecular complexity index is 536. The van der Waals surface area contributed by atoms with E-state index < -0.39 is 12.1 Å². The highest BCUT2D eigenvalue weighted by molar-refractivity contribution is 5.94. The van der Waals surface area contributed by atoms with E-state index in [1.807, 2.05) is 0 Å². The zero-order valence-corrected chi connectivity index (χ0v) is 13.6. The summed E-state index contributed by atoms with van der Waals surface area (Å²) >= 11 is 0. The molecule has 1 fully saturated rings. The first-order valence-electron chi connectivity index (χ1n) is 8.31. The highest BCUT2D eigenvalue weighted by Gasteiger charge is 2.20. The van der Waals surface area contributed by atoms with Gasteiger partial charge in [0.25, 0.3) is 5.91 Å². The number of ether oxygens (including phenoxy) is 1. The molecule has 0 radical (unpaired) electrons. The molecule has 0 spiro atoms. The average molecular weight is 319 g/mol. The number of hydrogen-bond acceptors (Lipinski definition) is 3. The number of benzene rings is 1. The molecule has 1 atom stereocenters. The van der Waals surface area contributed by atoms with Crippen molar-refractivity contribution >= 4 is 17.6 Å². The fourth-order valence-electron chi connectivity index (χ4n) is 2.91. The van der Waals surface area contributed by atoms with Gasteiger partial charge < -0.3 is 15.2 Å². The molecule has 1 aromatic rings. The van der Waals surface area contributed by atoms with E-state index in [0.29, 0.717) is 11.3 Å². The van der Waals surface area contributed by atoms with E-state index >= 15 is 0 Å². The minimum absolute atomic E-state index is 0.0577. The van der Waals surface area contributed by atoms with Crippen LogP contribution in [0.25, 0.3) is 0 Å². The van der Waals surface area contributed by atoms with Gasteiger partial charge >= 0.3 is 5.97 Å². The largest absolute Gasteiger partial charge is 0.481 e. The van der Waals surface area contributed by atoms with E-state index in [1.165, 1.54) is 12.8 Å². The Morgan fingerprint density at radius 2 is 1.96 bits per heavy atom. The van der Waals surface area contributed by atoms with Crippen LogP contribution in [-0.2, 0) is 20.7 Å². The van der Waals surface area contributed by atoms with E-state index in [1.54, 1.807) is 31.2 Å². The van der Waals surface area contributed by atoms with E-state index in [0.717, 1.165) is 25.7 Å². The van der Waals surface area contributed by atoms with Crippen molar-refractivity contribution in [3.63, 3.8) is 0 Å². The van der Waals surface area contributed by atoms with E-state index in [2.05, 4.69) is 5.32 Å². The molecule has 5 heteroatoms. The smallest absolute Gasteiger partial charge is 0.307 e. The van der Waals surface area contributed by atoms with Crippen LogP contribution in [0.5, 0.6) is 0 Å². The molecule has 0 saturated heterocycles. The third-order valence-electron chi connectivity index (χ3n) is 4.12. The fourth-order valence-corrected chi connectivity index (χ4v) is 2.91. The van der Waals surface area contributed by atoms with E-state index in [9.17, 15) is 9.59 Å². The van der Waals surface area contributed by atoms with Crippen molar-refractivity contribution < 1.29 is 19.4 Å². The number of carboxylic acid groups (broad SMARTS) is 1. The molecule has 1 amide bonds. The van der Waals surface area contributed by atoms with Crippen molar-refractivity contribution in [2.24, 2.45) is 0 Å². The van der Waals surface area contributed by atoms with Crippen LogP contribution in [-0.4, -0.2) is 29.2 Å². The highest BCUT2D eigenvalue weighted by atomic mass is 16.5. The van der Waals surface area contributed by atoms with Crippen LogP contribution < -0.4 is 5.32 Å². The van der Waals surface area contributed by atoms with Crippen molar-refractivity contribution in [3.8, 4) is 0 Å². The minimum Gasteiger partial charge on any atom is -0.481 e. The topological polar surface area (TPSA) is 75.6 Å². The first-order valence-corrected chi connectivity index (χ1v) is 8.31. The fraction of sp³-hybridized carbons (Fsp3) is 0.556. The lowest BCUT2D eigenvalue weighted by atomic mass is 10.1. The number of nitrogens with one attached hydrogen (secondary N) is 1. The minimum atomic E-state index is -0.890. The molecule has 1 aliphatic rings. The lowest BCUT2D eigenvalue weighted by molar-refractivity contribution is -0.136. The van der Waals surface area contributed by atoms with Crippen LogP contribution in [0.2, 0.25) is 0 Å². The first kappa shape index (κ1) is 17.5. The molecule has 0 aliphatic heterocycles. The van der Waals surface area contributed by atoms with E-state index in [4.69, 9.17) is 9.84 Å². The number of amides is 1. The summed E-state index contributed by atoms with van der Waals surface area (Å²) in [6, 6.07) is 6.91. The molecule has 2 N–H and O–H groups in total. The number of hydrogen-bond donors (Lipinski definition) is 2. The molecule has 126 valence electrons. The SMILES string of the molecule is CC(OC1CCCCCC1)C(=O)Nc1cccc(CC(=O)O)c1. The van der Waals surface area contributed by atoms with Gasteiger partial charge in [0.2, 0.25) is 0 Å². The van der Waals surface area contributed by atoms with Gasteiger partial charge in [-0.3, -0.25) is 9.59 Å². The third-order valence-corrected chi connectivity index (χ3v) is 4.12. The number of rotatable bonds is 6. The predicted molar refractivity (Wildman–Crippen MR) is 88.4 cm³/mol. The summed E-state index contributed by atoms with van der Waals surface area (Å²) in [5, 5.41) is 11.6. The highest BCUT2D eigenvalue weighted by Crippen LogP contribution is 2.21. The van der Waals surface area contributed by atoms with Crippen LogP contribution >= 0.6 is 0 Å². The maximum absolute atomic E-state index is 12.3. The first-order chi connectivity index (χ1) is 11.0. The zero-order valence-electron chi connectivity index (χ0n) is 13.6. The second kappa shape index (κ2) is 8.67. The lowest BCUT2D eigenvalue weighted by Crippen LogP contribution is -2.31. The molecular weight excluding hydrogens is 294 g/mol. The van der Waals surface area contributed by atoms with Crippen molar-refractivity contribution in [1.29, 1.82) is 0 Å². The maximum atomic E-state index is 12.3. The second-order valence-corrected chi connectivity index (χ2v) is 6.15. The molecule has 0 bridgehead atoms. The van der Waals surface area contributed by atoms with Gasteiger partial charge in [-0.1, -0.05) is 37.8 Å². The Labute approximate surface area is 137 Å². The van der Waals surface area contributed by atoms with Gasteiger partial charge in [0.1, 0.15) is 6.10 Å². The van der Waals surface area contributed by atoms with Crippen molar-refractivity contribution in [1.82, 2.24) is 0 Å². The second-order valence-electron chi connectivity index (χ2n) is 6.15. The van der Waals surface area contributed by atoms with Crippen molar-refractivity contribution in [2.45, 2.75) is 64.1 Å². The molecule has 0 heterocycles. The Morgan fingerprint density at radius 3 is 2.61 bits per heavy atom. The summed E-state index contributed by atoms with van der Waals surface area (Å²) in [5.74, 6) is -1.08. The predicted octanol–water partition coefficient (Wildman–Crippen LogP) is 3.38. The van der Waals surface area contributed by atoms with Gasteiger partial charge in [-0.05, 0) is 37.5 Å². The Morgan fingerprint density at radius 1 is 1.26 bits per heavy atom. The number of carbonyl (C=O) groups is 2. The summed E-state index contributed by atoms with van der Waals surface area (Å²) < 4.78 is 5.89. The monoisotopic (exact) mass is 319 g/mol. The van der Waals surface area contributed by atoms with E-state index in [-0.39, 0.29) is 18.4 Å². The molecular formula is C18H25NO4. The molecule has 1 saturated carbocycles.